The molecule has 0 spiro atoms. The smallest absolute Gasteiger partial charge is 0.373 e. The molecule has 0 fully saturated rings. The van der Waals surface area contributed by atoms with E-state index in [2.05, 4.69) is 4.98 Å². The minimum atomic E-state index is -1.27. The Labute approximate surface area is 101 Å². The molecule has 0 aliphatic carbocycles. The second-order valence-corrected chi connectivity index (χ2v) is 3.58. The minimum absolute atomic E-state index is 0.0707. The highest BCUT2D eigenvalue weighted by molar-refractivity contribution is 5.86. The summed E-state index contributed by atoms with van der Waals surface area (Å²) in [6.07, 6.45) is 0.341. The molecule has 0 saturated carbocycles. The number of halogens is 2. The third kappa shape index (κ3) is 2.09. The molecular formula is C12H9F2NO3. The highest BCUT2D eigenvalue weighted by Gasteiger charge is 2.20. The Balaban J connectivity index is 2.54. The molecule has 0 aliphatic heterocycles. The van der Waals surface area contributed by atoms with Crippen molar-refractivity contribution in [3.63, 3.8) is 0 Å². The molecule has 94 valence electrons. The van der Waals surface area contributed by atoms with Gasteiger partial charge in [0, 0.05) is 6.07 Å². The molecule has 0 radical (unpaired) electrons. The molecule has 18 heavy (non-hydrogen) atoms. The maximum atomic E-state index is 13.5. The monoisotopic (exact) mass is 253 g/mol. The van der Waals surface area contributed by atoms with Crippen molar-refractivity contribution in [2.75, 3.05) is 0 Å². The topological polar surface area (TPSA) is 63.3 Å². The Morgan fingerprint density at radius 2 is 2.17 bits per heavy atom. The Hall–Kier alpha value is -2.24. The van der Waals surface area contributed by atoms with E-state index < -0.39 is 17.6 Å². The van der Waals surface area contributed by atoms with E-state index in [-0.39, 0.29) is 22.9 Å². The van der Waals surface area contributed by atoms with E-state index in [1.54, 1.807) is 6.92 Å². The van der Waals surface area contributed by atoms with Crippen molar-refractivity contribution in [1.82, 2.24) is 4.98 Å². The molecule has 6 heteroatoms. The second-order valence-electron chi connectivity index (χ2n) is 3.58. The first kappa shape index (κ1) is 12.2. The summed E-state index contributed by atoms with van der Waals surface area (Å²) in [5, 5.41) is 8.88. The number of oxazole rings is 1. The van der Waals surface area contributed by atoms with Crippen molar-refractivity contribution in [2.45, 2.75) is 13.3 Å². The number of aromatic nitrogens is 1. The lowest BCUT2D eigenvalue weighted by Crippen LogP contribution is -1.98. The van der Waals surface area contributed by atoms with Crippen LogP contribution in [0.15, 0.2) is 22.6 Å². The average molecular weight is 253 g/mol. The molecule has 1 N–H and O–H groups in total. The third-order valence-electron chi connectivity index (χ3n) is 2.39. The van der Waals surface area contributed by atoms with Crippen LogP contribution in [-0.2, 0) is 6.42 Å². The predicted molar refractivity (Wildman–Crippen MR) is 58.2 cm³/mol. The number of aromatic carboxylic acids is 1. The van der Waals surface area contributed by atoms with Gasteiger partial charge in [-0.25, -0.2) is 18.6 Å². The van der Waals surface area contributed by atoms with Gasteiger partial charge in [0.15, 0.2) is 0 Å². The third-order valence-corrected chi connectivity index (χ3v) is 2.39. The van der Waals surface area contributed by atoms with Gasteiger partial charge in [0.25, 0.3) is 0 Å². The van der Waals surface area contributed by atoms with E-state index >= 15 is 0 Å². The van der Waals surface area contributed by atoms with Gasteiger partial charge in [-0.2, -0.15) is 0 Å². The average Bonchev–Trinajstić information content (AvgIpc) is 2.73. The number of carboxylic acid groups (broad SMARTS) is 1. The van der Waals surface area contributed by atoms with Crippen LogP contribution < -0.4 is 0 Å². The van der Waals surface area contributed by atoms with Crippen LogP contribution in [0.2, 0.25) is 0 Å². The van der Waals surface area contributed by atoms with Gasteiger partial charge in [-0.3, -0.25) is 0 Å². The fourth-order valence-corrected chi connectivity index (χ4v) is 1.54. The molecule has 1 aromatic carbocycles. The van der Waals surface area contributed by atoms with Gasteiger partial charge in [0.1, 0.15) is 11.6 Å². The Morgan fingerprint density at radius 3 is 2.67 bits per heavy atom. The van der Waals surface area contributed by atoms with Gasteiger partial charge in [0.2, 0.25) is 11.7 Å². The van der Waals surface area contributed by atoms with Gasteiger partial charge < -0.3 is 9.52 Å². The number of benzene rings is 1. The predicted octanol–water partition coefficient (Wildman–Crippen LogP) is 2.88. The molecule has 2 rings (SSSR count). The number of hydrogen-bond acceptors (Lipinski definition) is 3. The Bertz CT molecular complexity index is 607. The molecule has 0 amide bonds. The van der Waals surface area contributed by atoms with Crippen LogP contribution in [0.3, 0.4) is 0 Å². The molecule has 4 nitrogen and oxygen atoms in total. The summed E-state index contributed by atoms with van der Waals surface area (Å²) in [5.41, 5.74) is 0.153. The first-order valence-corrected chi connectivity index (χ1v) is 5.21. The zero-order valence-corrected chi connectivity index (χ0v) is 9.41. The van der Waals surface area contributed by atoms with Gasteiger partial charge >= 0.3 is 5.97 Å². The standard InChI is InChI=1S/C12H9F2NO3/c1-2-9-10(12(16)17)18-11(15-9)7-4-3-6(13)5-8(7)14/h3-5H,2H2,1H3,(H,16,17). The van der Waals surface area contributed by atoms with E-state index in [9.17, 15) is 13.6 Å². The fraction of sp³-hybridized carbons (Fsp3) is 0.167. The molecular weight excluding hydrogens is 244 g/mol. The minimum Gasteiger partial charge on any atom is -0.475 e. The molecule has 1 aromatic heterocycles. The van der Waals surface area contributed by atoms with Crippen LogP contribution in [0.4, 0.5) is 8.78 Å². The van der Waals surface area contributed by atoms with Crippen LogP contribution in [0.5, 0.6) is 0 Å². The van der Waals surface area contributed by atoms with Gasteiger partial charge in [-0.05, 0) is 18.6 Å². The van der Waals surface area contributed by atoms with Crippen LogP contribution in [0.25, 0.3) is 11.5 Å². The first-order valence-electron chi connectivity index (χ1n) is 5.21. The fourth-order valence-electron chi connectivity index (χ4n) is 1.54. The molecule has 0 unspecified atom stereocenters. The van der Waals surface area contributed by atoms with Crippen molar-refractivity contribution in [2.24, 2.45) is 0 Å². The number of carbonyl (C=O) groups is 1. The van der Waals surface area contributed by atoms with E-state index in [1.807, 2.05) is 0 Å². The van der Waals surface area contributed by atoms with Crippen molar-refractivity contribution in [1.29, 1.82) is 0 Å². The van der Waals surface area contributed by atoms with E-state index in [0.29, 0.717) is 12.5 Å². The van der Waals surface area contributed by atoms with E-state index in [4.69, 9.17) is 9.52 Å². The molecule has 1 heterocycles. The zero-order chi connectivity index (χ0) is 13.3. The summed E-state index contributed by atoms with van der Waals surface area (Å²) in [4.78, 5) is 14.8. The lowest BCUT2D eigenvalue weighted by atomic mass is 10.2. The van der Waals surface area contributed by atoms with Crippen molar-refractivity contribution >= 4 is 5.97 Å². The van der Waals surface area contributed by atoms with Gasteiger partial charge in [-0.1, -0.05) is 6.92 Å². The summed E-state index contributed by atoms with van der Waals surface area (Å²) in [7, 11) is 0. The molecule has 2 aromatic rings. The maximum absolute atomic E-state index is 13.5. The number of aryl methyl sites for hydroxylation is 1. The van der Waals surface area contributed by atoms with Crippen LogP contribution >= 0.6 is 0 Å². The second kappa shape index (κ2) is 4.56. The molecule has 0 aliphatic rings. The van der Waals surface area contributed by atoms with E-state index in [0.717, 1.165) is 12.1 Å². The van der Waals surface area contributed by atoms with Crippen molar-refractivity contribution in [3.8, 4) is 11.5 Å². The number of hydrogen-bond donors (Lipinski definition) is 1. The summed E-state index contributed by atoms with van der Waals surface area (Å²) in [6.45, 7) is 1.70. The lowest BCUT2D eigenvalue weighted by molar-refractivity contribution is 0.0661. The quantitative estimate of drug-likeness (QED) is 0.913. The molecule has 0 saturated heterocycles. The zero-order valence-electron chi connectivity index (χ0n) is 9.41. The van der Waals surface area contributed by atoms with Crippen molar-refractivity contribution < 1.29 is 23.1 Å². The number of nitrogens with zero attached hydrogens (tertiary/aromatic N) is 1. The van der Waals surface area contributed by atoms with Crippen molar-refractivity contribution in [3.05, 3.63) is 41.3 Å². The van der Waals surface area contributed by atoms with Gasteiger partial charge in [0.05, 0.1) is 11.3 Å². The van der Waals surface area contributed by atoms with E-state index in [1.165, 1.54) is 0 Å². The van der Waals surface area contributed by atoms with Crippen LogP contribution in [-0.4, -0.2) is 16.1 Å². The normalized spacial score (nSPS) is 10.6. The first-order chi connectivity index (χ1) is 8.52. The summed E-state index contributed by atoms with van der Waals surface area (Å²) in [6, 6.07) is 2.89. The number of rotatable bonds is 3. The molecule has 0 atom stereocenters. The SMILES string of the molecule is CCc1nc(-c2ccc(F)cc2F)oc1C(=O)O. The summed E-state index contributed by atoms with van der Waals surface area (Å²) < 4.78 is 31.3. The Kier molecular flexibility index (Phi) is 3.10. The lowest BCUT2D eigenvalue weighted by Gasteiger charge is -1.97. The largest absolute Gasteiger partial charge is 0.475 e. The number of carboxylic acids is 1. The van der Waals surface area contributed by atoms with Crippen LogP contribution in [0.1, 0.15) is 23.2 Å². The maximum Gasteiger partial charge on any atom is 0.373 e. The summed E-state index contributed by atoms with van der Waals surface area (Å²) in [5.74, 6) is -3.33. The Morgan fingerprint density at radius 1 is 1.44 bits per heavy atom. The van der Waals surface area contributed by atoms with Crippen LogP contribution in [0, 0.1) is 11.6 Å². The summed E-state index contributed by atoms with van der Waals surface area (Å²) >= 11 is 0. The highest BCUT2D eigenvalue weighted by Crippen LogP contribution is 2.25. The van der Waals surface area contributed by atoms with Gasteiger partial charge in [-0.15, -0.1) is 0 Å². The molecule has 0 bridgehead atoms. The highest BCUT2D eigenvalue weighted by atomic mass is 19.1.